The van der Waals surface area contributed by atoms with Gasteiger partial charge in [-0.05, 0) is 46.3 Å². The minimum atomic E-state index is -0.0993. The molecule has 1 amide bonds. The summed E-state index contributed by atoms with van der Waals surface area (Å²) in [7, 11) is 0. The fraction of sp³-hybridized carbons (Fsp3) is 0.917. The molecular formula is C12H25BrN2O. The van der Waals surface area contributed by atoms with Gasteiger partial charge in [-0.1, -0.05) is 29.8 Å². The largest absolute Gasteiger partial charge is 0.353 e. The zero-order valence-electron chi connectivity index (χ0n) is 10.9. The number of nitrogens with zero attached hydrogens (tertiary/aromatic N) is 1. The van der Waals surface area contributed by atoms with Gasteiger partial charge in [0.05, 0.1) is 4.83 Å². The van der Waals surface area contributed by atoms with Gasteiger partial charge in [0.2, 0.25) is 5.91 Å². The second-order valence-corrected chi connectivity index (χ2v) is 5.57. The van der Waals surface area contributed by atoms with Gasteiger partial charge in [-0.25, -0.2) is 0 Å². The van der Waals surface area contributed by atoms with Crippen molar-refractivity contribution in [3.05, 3.63) is 0 Å². The van der Waals surface area contributed by atoms with E-state index in [2.05, 4.69) is 46.9 Å². The number of nitrogens with one attached hydrogen (secondary N) is 1. The van der Waals surface area contributed by atoms with Crippen LogP contribution in [0.3, 0.4) is 0 Å². The number of halogens is 1. The van der Waals surface area contributed by atoms with Crippen LogP contribution in [0.25, 0.3) is 0 Å². The van der Waals surface area contributed by atoms with Crippen molar-refractivity contribution in [1.29, 1.82) is 0 Å². The first-order chi connectivity index (χ1) is 7.51. The quantitative estimate of drug-likeness (QED) is 0.697. The molecule has 0 saturated heterocycles. The van der Waals surface area contributed by atoms with E-state index in [-0.39, 0.29) is 16.8 Å². The van der Waals surface area contributed by atoms with E-state index < -0.39 is 0 Å². The molecule has 2 unspecified atom stereocenters. The van der Waals surface area contributed by atoms with Crippen LogP contribution < -0.4 is 5.32 Å². The summed E-state index contributed by atoms with van der Waals surface area (Å²) in [6, 6.07) is 0.267. The summed E-state index contributed by atoms with van der Waals surface area (Å²) in [4.78, 5) is 13.7. The molecule has 0 aromatic carbocycles. The van der Waals surface area contributed by atoms with E-state index in [1.165, 1.54) is 0 Å². The maximum Gasteiger partial charge on any atom is 0.233 e. The molecule has 0 aliphatic heterocycles. The van der Waals surface area contributed by atoms with E-state index in [4.69, 9.17) is 0 Å². The van der Waals surface area contributed by atoms with Crippen molar-refractivity contribution in [2.24, 2.45) is 0 Å². The molecule has 0 aromatic heterocycles. The molecule has 16 heavy (non-hydrogen) atoms. The topological polar surface area (TPSA) is 32.3 Å². The van der Waals surface area contributed by atoms with E-state index in [0.29, 0.717) is 0 Å². The predicted octanol–water partition coefficient (Wildman–Crippen LogP) is 2.40. The minimum Gasteiger partial charge on any atom is -0.353 e. The highest BCUT2D eigenvalue weighted by Crippen LogP contribution is 2.02. The van der Waals surface area contributed by atoms with Crippen molar-refractivity contribution < 1.29 is 4.79 Å². The van der Waals surface area contributed by atoms with Gasteiger partial charge in [0.25, 0.3) is 0 Å². The molecule has 0 aromatic rings. The Bertz CT molecular complexity index is 193. The van der Waals surface area contributed by atoms with Gasteiger partial charge in [-0.2, -0.15) is 0 Å². The summed E-state index contributed by atoms with van der Waals surface area (Å²) in [6.07, 6.45) is 2.18. The fourth-order valence-electron chi connectivity index (χ4n) is 1.59. The van der Waals surface area contributed by atoms with Crippen LogP contribution in [0.15, 0.2) is 0 Å². The van der Waals surface area contributed by atoms with Crippen LogP contribution >= 0.6 is 15.9 Å². The molecule has 4 heteroatoms. The Labute approximate surface area is 108 Å². The van der Waals surface area contributed by atoms with Gasteiger partial charge in [0.1, 0.15) is 0 Å². The van der Waals surface area contributed by atoms with Crippen molar-refractivity contribution >= 4 is 21.8 Å². The van der Waals surface area contributed by atoms with Gasteiger partial charge in [-0.15, -0.1) is 0 Å². The van der Waals surface area contributed by atoms with Crippen LogP contribution in [-0.2, 0) is 4.79 Å². The highest BCUT2D eigenvalue weighted by atomic mass is 79.9. The normalized spacial score (nSPS) is 14.9. The molecule has 0 spiro atoms. The lowest BCUT2D eigenvalue weighted by atomic mass is 10.1. The highest BCUT2D eigenvalue weighted by Gasteiger charge is 2.11. The maximum absolute atomic E-state index is 11.4. The van der Waals surface area contributed by atoms with Crippen molar-refractivity contribution in [2.45, 2.75) is 51.4 Å². The van der Waals surface area contributed by atoms with Crippen molar-refractivity contribution in [3.8, 4) is 0 Å². The van der Waals surface area contributed by atoms with Crippen molar-refractivity contribution in [2.75, 3.05) is 19.6 Å². The van der Waals surface area contributed by atoms with Gasteiger partial charge in [0, 0.05) is 6.04 Å². The zero-order valence-corrected chi connectivity index (χ0v) is 12.5. The third kappa shape index (κ3) is 7.23. The van der Waals surface area contributed by atoms with Crippen LogP contribution in [-0.4, -0.2) is 41.3 Å². The standard InChI is InChI=1S/C12H25BrN2O/c1-5-15(6-2)9-7-8-10(3)14-12(16)11(4)13/h10-11H,5-9H2,1-4H3,(H,14,16). The average Bonchev–Trinajstić information content (AvgIpc) is 2.24. The Balaban J connectivity index is 3.65. The van der Waals surface area contributed by atoms with Crippen LogP contribution in [0.4, 0.5) is 0 Å². The summed E-state index contributed by atoms with van der Waals surface area (Å²) in [5, 5.41) is 2.98. The first-order valence-corrected chi connectivity index (χ1v) is 7.09. The third-order valence-electron chi connectivity index (χ3n) is 2.76. The number of hydrogen-bond donors (Lipinski definition) is 1. The first-order valence-electron chi connectivity index (χ1n) is 6.18. The summed E-state index contributed by atoms with van der Waals surface area (Å²) in [5.41, 5.74) is 0. The molecule has 0 saturated carbocycles. The van der Waals surface area contributed by atoms with Gasteiger partial charge < -0.3 is 10.2 Å². The van der Waals surface area contributed by atoms with Crippen LogP contribution in [0.2, 0.25) is 0 Å². The molecule has 0 radical (unpaired) electrons. The number of rotatable bonds is 8. The van der Waals surface area contributed by atoms with Crippen molar-refractivity contribution in [1.82, 2.24) is 10.2 Å². The summed E-state index contributed by atoms with van der Waals surface area (Å²) in [6.45, 7) is 11.6. The lowest BCUT2D eigenvalue weighted by Crippen LogP contribution is -2.37. The van der Waals surface area contributed by atoms with E-state index in [9.17, 15) is 4.79 Å². The Kier molecular flexibility index (Phi) is 8.94. The summed E-state index contributed by atoms with van der Waals surface area (Å²) >= 11 is 3.26. The Morgan fingerprint density at radius 3 is 2.31 bits per heavy atom. The summed E-state index contributed by atoms with van der Waals surface area (Å²) in [5.74, 6) is 0.0790. The maximum atomic E-state index is 11.4. The SMILES string of the molecule is CCN(CC)CCCC(C)NC(=O)C(C)Br. The number of alkyl halides is 1. The van der Waals surface area contributed by atoms with Gasteiger partial charge >= 0.3 is 0 Å². The van der Waals surface area contributed by atoms with E-state index >= 15 is 0 Å². The predicted molar refractivity (Wildman–Crippen MR) is 73.0 cm³/mol. The molecule has 0 bridgehead atoms. The van der Waals surface area contributed by atoms with E-state index in [0.717, 1.165) is 32.5 Å². The smallest absolute Gasteiger partial charge is 0.233 e. The molecule has 0 fully saturated rings. The fourth-order valence-corrected chi connectivity index (χ4v) is 1.72. The molecule has 2 atom stereocenters. The summed E-state index contributed by atoms with van der Waals surface area (Å²) < 4.78 is 0. The Hall–Kier alpha value is -0.0900. The molecule has 3 nitrogen and oxygen atoms in total. The molecule has 0 rings (SSSR count). The molecule has 96 valence electrons. The zero-order chi connectivity index (χ0) is 12.6. The number of amides is 1. The molecular weight excluding hydrogens is 268 g/mol. The van der Waals surface area contributed by atoms with Crippen molar-refractivity contribution in [3.63, 3.8) is 0 Å². The van der Waals surface area contributed by atoms with Crippen LogP contribution in [0, 0.1) is 0 Å². The average molecular weight is 293 g/mol. The van der Waals surface area contributed by atoms with Crippen LogP contribution in [0.5, 0.6) is 0 Å². The lowest BCUT2D eigenvalue weighted by Gasteiger charge is -2.20. The molecule has 0 aliphatic carbocycles. The lowest BCUT2D eigenvalue weighted by molar-refractivity contribution is -0.120. The number of carbonyl (C=O) groups is 1. The second kappa shape index (κ2) is 8.99. The number of hydrogen-bond acceptors (Lipinski definition) is 2. The molecule has 0 heterocycles. The third-order valence-corrected chi connectivity index (χ3v) is 3.17. The second-order valence-electron chi connectivity index (χ2n) is 4.19. The van der Waals surface area contributed by atoms with E-state index in [1.807, 2.05) is 6.92 Å². The van der Waals surface area contributed by atoms with E-state index in [1.54, 1.807) is 0 Å². The molecule has 1 N–H and O–H groups in total. The first kappa shape index (κ1) is 15.9. The van der Waals surface area contributed by atoms with Crippen LogP contribution in [0.1, 0.15) is 40.5 Å². The van der Waals surface area contributed by atoms with Gasteiger partial charge in [-0.3, -0.25) is 4.79 Å². The molecule has 0 aliphatic rings. The minimum absolute atomic E-state index is 0.0790. The highest BCUT2D eigenvalue weighted by molar-refractivity contribution is 9.10. The Morgan fingerprint density at radius 2 is 1.88 bits per heavy atom. The number of carbonyl (C=O) groups excluding carboxylic acids is 1. The Morgan fingerprint density at radius 1 is 1.31 bits per heavy atom. The van der Waals surface area contributed by atoms with Gasteiger partial charge in [0.15, 0.2) is 0 Å². The monoisotopic (exact) mass is 292 g/mol.